The standard InChI is InChI=1S/C26H25ClN2O5/c1-15-11-23(31)25(19(13-24(32)34-2)16-7-8-22(30)20(27)12-16)26(33)29(15)10-9-17-14-28-21-6-4-3-5-18(17)21/h3-8,11-12,14,19,28,30-31H,9-10,13H2,1-2H3/t19-/m0/s1. The summed E-state index contributed by atoms with van der Waals surface area (Å²) in [4.78, 5) is 29.1. The lowest BCUT2D eigenvalue weighted by Crippen LogP contribution is -2.29. The highest BCUT2D eigenvalue weighted by Gasteiger charge is 2.27. The van der Waals surface area contributed by atoms with E-state index in [1.807, 2.05) is 30.5 Å². The van der Waals surface area contributed by atoms with E-state index in [2.05, 4.69) is 4.98 Å². The molecule has 0 radical (unpaired) electrons. The lowest BCUT2D eigenvalue weighted by atomic mass is 9.88. The Morgan fingerprint density at radius 2 is 1.91 bits per heavy atom. The molecule has 2 aromatic carbocycles. The SMILES string of the molecule is COC(=O)C[C@@H](c1ccc(O)c(Cl)c1)c1c(O)cc(C)n(CCc2c[nH]c3ccccc23)c1=O. The van der Waals surface area contributed by atoms with Gasteiger partial charge in [0.1, 0.15) is 11.5 Å². The van der Waals surface area contributed by atoms with E-state index in [0.717, 1.165) is 16.5 Å². The summed E-state index contributed by atoms with van der Waals surface area (Å²) in [5.74, 6) is -1.67. The fourth-order valence-corrected chi connectivity index (χ4v) is 4.51. The molecule has 0 saturated heterocycles. The van der Waals surface area contributed by atoms with Crippen LogP contribution < -0.4 is 5.56 Å². The van der Waals surface area contributed by atoms with Gasteiger partial charge in [-0.3, -0.25) is 9.59 Å². The monoisotopic (exact) mass is 480 g/mol. The Morgan fingerprint density at radius 1 is 1.15 bits per heavy atom. The van der Waals surface area contributed by atoms with Crippen molar-refractivity contribution in [2.45, 2.75) is 32.2 Å². The molecule has 0 amide bonds. The third-order valence-corrected chi connectivity index (χ3v) is 6.43. The maximum absolute atomic E-state index is 13.6. The summed E-state index contributed by atoms with van der Waals surface area (Å²) in [6.45, 7) is 2.15. The van der Waals surface area contributed by atoms with Gasteiger partial charge in [-0.2, -0.15) is 0 Å². The van der Waals surface area contributed by atoms with Crippen LogP contribution in [0.15, 0.2) is 59.5 Å². The number of esters is 1. The van der Waals surface area contributed by atoms with E-state index in [-0.39, 0.29) is 28.5 Å². The summed E-state index contributed by atoms with van der Waals surface area (Å²) in [5.41, 5.74) is 2.90. The van der Waals surface area contributed by atoms with Crippen LogP contribution in [0.1, 0.15) is 34.7 Å². The number of carbonyl (C=O) groups is 1. The number of carbonyl (C=O) groups excluding carboxylic acids is 1. The maximum Gasteiger partial charge on any atom is 0.306 e. The summed E-state index contributed by atoms with van der Waals surface area (Å²) in [7, 11) is 1.26. The van der Waals surface area contributed by atoms with Crippen molar-refractivity contribution in [1.82, 2.24) is 9.55 Å². The molecule has 0 spiro atoms. The smallest absolute Gasteiger partial charge is 0.306 e. The zero-order valence-electron chi connectivity index (χ0n) is 18.8. The third kappa shape index (κ3) is 4.52. The van der Waals surface area contributed by atoms with Crippen LogP contribution >= 0.6 is 11.6 Å². The molecule has 2 heterocycles. The zero-order chi connectivity index (χ0) is 24.4. The molecule has 4 rings (SSSR count). The molecule has 34 heavy (non-hydrogen) atoms. The van der Waals surface area contributed by atoms with Crippen LogP contribution in [-0.2, 0) is 22.5 Å². The number of aryl methyl sites for hydroxylation is 2. The molecule has 0 saturated carbocycles. The van der Waals surface area contributed by atoms with Crippen molar-refractivity contribution in [3.8, 4) is 11.5 Å². The van der Waals surface area contributed by atoms with Crippen LogP contribution in [0.5, 0.6) is 11.5 Å². The molecule has 0 unspecified atom stereocenters. The van der Waals surface area contributed by atoms with Gasteiger partial charge in [0, 0.05) is 35.3 Å². The normalized spacial score (nSPS) is 12.1. The summed E-state index contributed by atoms with van der Waals surface area (Å²) in [6, 6.07) is 13.9. The lowest BCUT2D eigenvalue weighted by Gasteiger charge is -2.21. The van der Waals surface area contributed by atoms with Crippen LogP contribution in [-0.4, -0.2) is 32.8 Å². The first-order chi connectivity index (χ1) is 16.3. The quantitative estimate of drug-likeness (QED) is 0.334. The molecular weight excluding hydrogens is 456 g/mol. The van der Waals surface area contributed by atoms with Crippen molar-refractivity contribution >= 4 is 28.5 Å². The fourth-order valence-electron chi connectivity index (χ4n) is 4.32. The number of ether oxygens (including phenoxy) is 1. The molecule has 8 heteroatoms. The average molecular weight is 481 g/mol. The van der Waals surface area contributed by atoms with Crippen molar-refractivity contribution < 1.29 is 19.7 Å². The van der Waals surface area contributed by atoms with Crippen LogP contribution in [0, 0.1) is 6.92 Å². The number of aromatic nitrogens is 2. The first kappa shape index (κ1) is 23.4. The molecule has 0 bridgehead atoms. The number of aromatic amines is 1. The number of nitrogens with zero attached hydrogens (tertiary/aromatic N) is 1. The molecular formula is C26H25ClN2O5. The Hall–Kier alpha value is -3.71. The summed E-state index contributed by atoms with van der Waals surface area (Å²) >= 11 is 6.09. The van der Waals surface area contributed by atoms with Crippen molar-refractivity contribution in [2.24, 2.45) is 0 Å². The number of fused-ring (bicyclic) bond motifs is 1. The second-order valence-corrected chi connectivity index (χ2v) is 8.60. The number of benzene rings is 2. The molecule has 1 atom stereocenters. The molecule has 0 aliphatic carbocycles. The van der Waals surface area contributed by atoms with Gasteiger partial charge in [-0.25, -0.2) is 0 Å². The number of para-hydroxylation sites is 1. The molecule has 0 fully saturated rings. The highest BCUT2D eigenvalue weighted by Crippen LogP contribution is 2.35. The van der Waals surface area contributed by atoms with Gasteiger partial charge in [0.05, 0.1) is 24.1 Å². The van der Waals surface area contributed by atoms with Gasteiger partial charge in [0.25, 0.3) is 5.56 Å². The zero-order valence-corrected chi connectivity index (χ0v) is 19.6. The van der Waals surface area contributed by atoms with Gasteiger partial charge < -0.3 is 24.5 Å². The predicted molar refractivity (Wildman–Crippen MR) is 131 cm³/mol. The second kappa shape index (κ2) is 9.65. The summed E-state index contributed by atoms with van der Waals surface area (Å²) in [5, 5.41) is 21.8. The van der Waals surface area contributed by atoms with Crippen LogP contribution in [0.2, 0.25) is 5.02 Å². The van der Waals surface area contributed by atoms with Crippen LogP contribution in [0.25, 0.3) is 10.9 Å². The minimum absolute atomic E-state index is 0.0803. The van der Waals surface area contributed by atoms with Gasteiger partial charge in [0.2, 0.25) is 0 Å². The van der Waals surface area contributed by atoms with E-state index in [4.69, 9.17) is 16.3 Å². The van der Waals surface area contributed by atoms with Gasteiger partial charge in [-0.1, -0.05) is 35.9 Å². The van der Waals surface area contributed by atoms with Gasteiger partial charge in [-0.15, -0.1) is 0 Å². The number of hydrogen-bond donors (Lipinski definition) is 3. The first-order valence-corrected chi connectivity index (χ1v) is 11.2. The summed E-state index contributed by atoms with van der Waals surface area (Å²) < 4.78 is 6.43. The topological polar surface area (TPSA) is 105 Å². The predicted octanol–water partition coefficient (Wildman–Crippen LogP) is 4.64. The Balaban J connectivity index is 1.76. The van der Waals surface area contributed by atoms with E-state index in [9.17, 15) is 19.8 Å². The Labute approximate surface area is 201 Å². The van der Waals surface area contributed by atoms with Gasteiger partial charge in [0.15, 0.2) is 0 Å². The Kier molecular flexibility index (Phi) is 6.65. The Morgan fingerprint density at radius 3 is 2.65 bits per heavy atom. The number of phenols is 1. The first-order valence-electron chi connectivity index (χ1n) is 10.8. The summed E-state index contributed by atoms with van der Waals surface area (Å²) in [6.07, 6.45) is 2.36. The molecule has 7 nitrogen and oxygen atoms in total. The van der Waals surface area contributed by atoms with Crippen LogP contribution in [0.4, 0.5) is 0 Å². The maximum atomic E-state index is 13.6. The number of aromatic hydroxyl groups is 2. The third-order valence-electron chi connectivity index (χ3n) is 6.12. The lowest BCUT2D eigenvalue weighted by molar-refractivity contribution is -0.140. The van der Waals surface area contributed by atoms with Crippen LogP contribution in [0.3, 0.4) is 0 Å². The van der Waals surface area contributed by atoms with Crippen molar-refractivity contribution in [1.29, 1.82) is 0 Å². The van der Waals surface area contributed by atoms with Crippen molar-refractivity contribution in [2.75, 3.05) is 7.11 Å². The van der Waals surface area contributed by atoms with E-state index >= 15 is 0 Å². The average Bonchev–Trinajstić information content (AvgIpc) is 3.23. The highest BCUT2D eigenvalue weighted by molar-refractivity contribution is 6.32. The van der Waals surface area contributed by atoms with Crippen molar-refractivity contribution in [3.05, 3.63) is 92.5 Å². The molecule has 0 aliphatic heterocycles. The number of hydrogen-bond acceptors (Lipinski definition) is 5. The molecule has 176 valence electrons. The number of H-pyrrole nitrogens is 1. The second-order valence-electron chi connectivity index (χ2n) is 8.19. The molecule has 0 aliphatic rings. The number of methoxy groups -OCH3 is 1. The van der Waals surface area contributed by atoms with E-state index < -0.39 is 17.4 Å². The molecule has 3 N–H and O–H groups in total. The largest absolute Gasteiger partial charge is 0.507 e. The fraction of sp³-hybridized carbons (Fsp3) is 0.231. The number of rotatable bonds is 7. The number of halogens is 1. The highest BCUT2D eigenvalue weighted by atomic mass is 35.5. The number of pyridine rings is 1. The number of phenolic OH excluding ortho intramolecular Hbond substituents is 1. The van der Waals surface area contributed by atoms with Gasteiger partial charge >= 0.3 is 5.97 Å². The van der Waals surface area contributed by atoms with Crippen molar-refractivity contribution in [3.63, 3.8) is 0 Å². The van der Waals surface area contributed by atoms with Gasteiger partial charge in [-0.05, 0) is 48.7 Å². The van der Waals surface area contributed by atoms with E-state index in [1.54, 1.807) is 17.6 Å². The Bertz CT molecular complexity index is 1420. The van der Waals surface area contributed by atoms with E-state index in [0.29, 0.717) is 24.2 Å². The minimum atomic E-state index is -0.807. The molecule has 4 aromatic rings. The minimum Gasteiger partial charge on any atom is -0.507 e. The number of nitrogens with one attached hydrogen (secondary N) is 1. The van der Waals surface area contributed by atoms with E-state index in [1.165, 1.54) is 25.3 Å². The molecule has 2 aromatic heterocycles.